The Kier molecular flexibility index (Phi) is 3.96. The molecule has 6 heteroatoms. The van der Waals surface area contributed by atoms with Crippen LogP contribution in [0.15, 0.2) is 0 Å². The molecule has 1 saturated heterocycles. The first-order chi connectivity index (χ1) is 7.38. The Morgan fingerprint density at radius 2 is 1.94 bits per heavy atom. The van der Waals surface area contributed by atoms with E-state index in [0.29, 0.717) is 25.8 Å². The van der Waals surface area contributed by atoms with E-state index in [-0.39, 0.29) is 12.3 Å². The average Bonchev–Trinajstić information content (AvgIpc) is 2.54. The number of sulfonamides is 1. The van der Waals surface area contributed by atoms with Gasteiger partial charge < -0.3 is 5.11 Å². The van der Waals surface area contributed by atoms with Gasteiger partial charge in [0.1, 0.15) is 0 Å². The second-order valence-electron chi connectivity index (χ2n) is 4.30. The lowest BCUT2D eigenvalue weighted by molar-refractivity contribution is -0.150. The number of hydrogen-bond acceptors (Lipinski definition) is 3. The zero-order valence-corrected chi connectivity index (χ0v) is 10.6. The van der Waals surface area contributed by atoms with Crippen molar-refractivity contribution in [1.29, 1.82) is 0 Å². The maximum atomic E-state index is 11.6. The van der Waals surface area contributed by atoms with Gasteiger partial charge in [0, 0.05) is 13.1 Å². The highest BCUT2D eigenvalue weighted by atomic mass is 32.2. The number of carboxylic acid groups (broad SMARTS) is 1. The highest BCUT2D eigenvalue weighted by molar-refractivity contribution is 7.89. The Labute approximate surface area is 96.5 Å². The van der Waals surface area contributed by atoms with Gasteiger partial charge in [0.2, 0.25) is 10.0 Å². The standard InChI is InChI=1S/C10H19NO4S/c1-3-10(4-2,9(12)13)8-11-6-5-7-16(11,14)15/h3-8H2,1-2H3,(H,12,13). The fourth-order valence-electron chi connectivity index (χ4n) is 2.05. The molecule has 0 aromatic carbocycles. The summed E-state index contributed by atoms with van der Waals surface area (Å²) in [5.74, 6) is -0.754. The molecule has 0 radical (unpaired) electrons. The van der Waals surface area contributed by atoms with Crippen molar-refractivity contribution in [2.45, 2.75) is 33.1 Å². The van der Waals surface area contributed by atoms with E-state index in [1.165, 1.54) is 4.31 Å². The van der Waals surface area contributed by atoms with E-state index >= 15 is 0 Å². The normalized spacial score (nSPS) is 21.1. The van der Waals surface area contributed by atoms with E-state index in [4.69, 9.17) is 0 Å². The molecule has 0 unspecified atom stereocenters. The Morgan fingerprint density at radius 3 is 2.25 bits per heavy atom. The Balaban J connectivity index is 2.88. The van der Waals surface area contributed by atoms with Gasteiger partial charge >= 0.3 is 5.97 Å². The van der Waals surface area contributed by atoms with Crippen LogP contribution < -0.4 is 0 Å². The molecule has 0 aromatic rings. The molecule has 1 aliphatic heterocycles. The van der Waals surface area contributed by atoms with Crippen LogP contribution in [0.2, 0.25) is 0 Å². The Hall–Kier alpha value is -0.620. The van der Waals surface area contributed by atoms with E-state index in [1.54, 1.807) is 13.8 Å². The number of aliphatic carboxylic acids is 1. The van der Waals surface area contributed by atoms with Crippen LogP contribution in [0.1, 0.15) is 33.1 Å². The molecular weight excluding hydrogens is 230 g/mol. The van der Waals surface area contributed by atoms with Crippen molar-refractivity contribution in [1.82, 2.24) is 4.31 Å². The van der Waals surface area contributed by atoms with Crippen LogP contribution in [0.5, 0.6) is 0 Å². The molecule has 1 aliphatic rings. The first-order valence-corrected chi connectivity index (χ1v) is 7.20. The largest absolute Gasteiger partial charge is 0.481 e. The van der Waals surface area contributed by atoms with Gasteiger partial charge in [0.05, 0.1) is 11.2 Å². The van der Waals surface area contributed by atoms with Crippen LogP contribution in [-0.4, -0.2) is 42.6 Å². The predicted molar refractivity (Wildman–Crippen MR) is 60.6 cm³/mol. The summed E-state index contributed by atoms with van der Waals surface area (Å²) in [5, 5.41) is 9.23. The number of carbonyl (C=O) groups is 1. The van der Waals surface area contributed by atoms with Gasteiger partial charge in [-0.3, -0.25) is 4.79 Å². The van der Waals surface area contributed by atoms with Crippen LogP contribution in [0.3, 0.4) is 0 Å². The number of nitrogens with zero attached hydrogens (tertiary/aromatic N) is 1. The molecule has 5 nitrogen and oxygen atoms in total. The summed E-state index contributed by atoms with van der Waals surface area (Å²) in [4.78, 5) is 11.3. The summed E-state index contributed by atoms with van der Waals surface area (Å²) in [7, 11) is -3.20. The lowest BCUT2D eigenvalue weighted by Gasteiger charge is -2.30. The van der Waals surface area contributed by atoms with Crippen molar-refractivity contribution in [2.75, 3.05) is 18.8 Å². The highest BCUT2D eigenvalue weighted by Gasteiger charge is 2.41. The monoisotopic (exact) mass is 249 g/mol. The smallest absolute Gasteiger partial charge is 0.310 e. The molecule has 1 N–H and O–H groups in total. The fraction of sp³-hybridized carbons (Fsp3) is 0.900. The summed E-state index contributed by atoms with van der Waals surface area (Å²) in [5.41, 5.74) is -0.933. The lowest BCUT2D eigenvalue weighted by atomic mass is 9.82. The third-order valence-corrected chi connectivity index (χ3v) is 5.39. The van der Waals surface area contributed by atoms with E-state index < -0.39 is 21.4 Å². The average molecular weight is 249 g/mol. The second kappa shape index (κ2) is 4.71. The summed E-state index contributed by atoms with van der Waals surface area (Å²) in [6, 6.07) is 0. The number of rotatable bonds is 5. The molecular formula is C10H19NO4S. The summed E-state index contributed by atoms with van der Waals surface area (Å²) < 4.78 is 24.6. The minimum atomic E-state index is -3.20. The molecule has 16 heavy (non-hydrogen) atoms. The molecule has 0 spiro atoms. The van der Waals surface area contributed by atoms with Crippen LogP contribution in [0.4, 0.5) is 0 Å². The molecule has 1 rings (SSSR count). The third kappa shape index (κ3) is 2.38. The molecule has 0 amide bonds. The van der Waals surface area contributed by atoms with Gasteiger partial charge in [0.25, 0.3) is 0 Å². The molecule has 0 aliphatic carbocycles. The second-order valence-corrected chi connectivity index (χ2v) is 6.38. The molecule has 0 atom stereocenters. The van der Waals surface area contributed by atoms with Gasteiger partial charge in [-0.05, 0) is 19.3 Å². The van der Waals surface area contributed by atoms with Crippen LogP contribution in [-0.2, 0) is 14.8 Å². The van der Waals surface area contributed by atoms with E-state index in [2.05, 4.69) is 0 Å². The van der Waals surface area contributed by atoms with E-state index in [0.717, 1.165) is 0 Å². The highest BCUT2D eigenvalue weighted by Crippen LogP contribution is 2.30. The zero-order chi connectivity index (χ0) is 12.4. The van der Waals surface area contributed by atoms with Gasteiger partial charge in [-0.15, -0.1) is 0 Å². The van der Waals surface area contributed by atoms with Crippen LogP contribution in [0, 0.1) is 5.41 Å². The first-order valence-electron chi connectivity index (χ1n) is 5.59. The molecule has 1 fully saturated rings. The minimum Gasteiger partial charge on any atom is -0.481 e. The van der Waals surface area contributed by atoms with E-state index in [1.807, 2.05) is 0 Å². The van der Waals surface area contributed by atoms with Crippen molar-refractivity contribution in [3.8, 4) is 0 Å². The summed E-state index contributed by atoms with van der Waals surface area (Å²) in [6.07, 6.45) is 1.50. The third-order valence-electron chi connectivity index (χ3n) is 3.49. The summed E-state index contributed by atoms with van der Waals surface area (Å²) >= 11 is 0. The van der Waals surface area contributed by atoms with Gasteiger partial charge in [-0.1, -0.05) is 13.8 Å². The van der Waals surface area contributed by atoms with Crippen LogP contribution in [0.25, 0.3) is 0 Å². The SMILES string of the molecule is CCC(CC)(CN1CCCS1(=O)=O)C(=O)O. The Bertz CT molecular complexity index is 359. The molecule has 0 saturated carbocycles. The zero-order valence-electron chi connectivity index (χ0n) is 9.77. The van der Waals surface area contributed by atoms with Crippen LogP contribution >= 0.6 is 0 Å². The topological polar surface area (TPSA) is 74.7 Å². The predicted octanol–water partition coefficient (Wildman–Crippen LogP) is 0.913. The van der Waals surface area contributed by atoms with Gasteiger partial charge in [-0.2, -0.15) is 0 Å². The van der Waals surface area contributed by atoms with Crippen molar-refractivity contribution in [2.24, 2.45) is 5.41 Å². The fourth-order valence-corrected chi connectivity index (χ4v) is 3.65. The number of carboxylic acids is 1. The maximum absolute atomic E-state index is 11.6. The minimum absolute atomic E-state index is 0.109. The molecule has 1 heterocycles. The van der Waals surface area contributed by atoms with Crippen molar-refractivity contribution in [3.05, 3.63) is 0 Å². The summed E-state index contributed by atoms with van der Waals surface area (Å²) in [6.45, 7) is 4.15. The van der Waals surface area contributed by atoms with Gasteiger partial charge in [0.15, 0.2) is 0 Å². The lowest BCUT2D eigenvalue weighted by Crippen LogP contribution is -2.43. The number of hydrogen-bond donors (Lipinski definition) is 1. The van der Waals surface area contributed by atoms with Crippen molar-refractivity contribution >= 4 is 16.0 Å². The van der Waals surface area contributed by atoms with Crippen molar-refractivity contribution < 1.29 is 18.3 Å². The maximum Gasteiger partial charge on any atom is 0.310 e. The molecule has 94 valence electrons. The first kappa shape index (κ1) is 13.4. The molecule has 0 aromatic heterocycles. The van der Waals surface area contributed by atoms with Gasteiger partial charge in [-0.25, -0.2) is 12.7 Å². The quantitative estimate of drug-likeness (QED) is 0.786. The van der Waals surface area contributed by atoms with E-state index in [9.17, 15) is 18.3 Å². The molecule has 0 bridgehead atoms. The van der Waals surface area contributed by atoms with Crippen molar-refractivity contribution in [3.63, 3.8) is 0 Å². The Morgan fingerprint density at radius 1 is 1.38 bits per heavy atom.